The molecule has 2 aliphatic rings. The first-order chi connectivity index (χ1) is 11.3. The number of nitrogens with zero attached hydrogens (tertiary/aromatic N) is 3. The lowest BCUT2D eigenvalue weighted by Crippen LogP contribution is -2.52. The van der Waals surface area contributed by atoms with E-state index in [4.69, 9.17) is 0 Å². The first kappa shape index (κ1) is 15.2. The fourth-order valence-corrected chi connectivity index (χ4v) is 4.11. The number of H-pyrrole nitrogens is 1. The monoisotopic (exact) mass is 312 g/mol. The molecule has 23 heavy (non-hydrogen) atoms. The van der Waals surface area contributed by atoms with E-state index in [0.717, 1.165) is 12.6 Å². The zero-order chi connectivity index (χ0) is 15.6. The van der Waals surface area contributed by atoms with Crippen molar-refractivity contribution in [1.29, 1.82) is 0 Å². The summed E-state index contributed by atoms with van der Waals surface area (Å²) in [5.74, 6) is 0. The number of rotatable bonds is 3. The lowest BCUT2D eigenvalue weighted by molar-refractivity contribution is 0.0614. The molecule has 0 radical (unpaired) electrons. The van der Waals surface area contributed by atoms with E-state index < -0.39 is 0 Å². The minimum atomic E-state index is 0.821. The second-order valence-electron chi connectivity index (χ2n) is 7.23. The maximum atomic E-state index is 3.56. The minimum Gasteiger partial charge on any atom is -0.357 e. The molecule has 2 fully saturated rings. The van der Waals surface area contributed by atoms with Gasteiger partial charge in [0.15, 0.2) is 0 Å². The molecular formula is C19H28N4. The number of para-hydroxylation sites is 1. The maximum absolute atomic E-state index is 3.56. The smallest absolute Gasteiger partial charge is 0.0456 e. The molecule has 0 amide bonds. The van der Waals surface area contributed by atoms with Gasteiger partial charge in [-0.05, 0) is 50.5 Å². The van der Waals surface area contributed by atoms with Crippen LogP contribution in [0.2, 0.25) is 0 Å². The number of aromatic amines is 1. The predicted octanol–water partition coefficient (Wildman–Crippen LogP) is 2.38. The van der Waals surface area contributed by atoms with E-state index in [9.17, 15) is 0 Å². The standard InChI is InChI=1S/C19H28N4/c1-21-8-6-18(7-9-21)23-12-10-22(11-13-23)15-17-14-16-4-2-3-5-19(16)20-17/h2-5,14,18,20H,6-13,15H2,1H3. The van der Waals surface area contributed by atoms with Crippen molar-refractivity contribution in [2.45, 2.75) is 25.4 Å². The first-order valence-electron chi connectivity index (χ1n) is 8.99. The number of hydrogen-bond acceptors (Lipinski definition) is 3. The Bertz CT molecular complexity index is 601. The summed E-state index contributed by atoms with van der Waals surface area (Å²) in [6.45, 7) is 8.43. The summed E-state index contributed by atoms with van der Waals surface area (Å²) < 4.78 is 0. The van der Waals surface area contributed by atoms with E-state index in [-0.39, 0.29) is 0 Å². The van der Waals surface area contributed by atoms with E-state index >= 15 is 0 Å². The Labute approximate surface area is 139 Å². The van der Waals surface area contributed by atoms with E-state index in [1.807, 2.05) is 0 Å². The Kier molecular flexibility index (Phi) is 4.38. The van der Waals surface area contributed by atoms with Crippen LogP contribution in [0.25, 0.3) is 10.9 Å². The van der Waals surface area contributed by atoms with Crippen LogP contribution in [0.15, 0.2) is 30.3 Å². The fourth-order valence-electron chi connectivity index (χ4n) is 4.11. The maximum Gasteiger partial charge on any atom is 0.0456 e. The summed E-state index contributed by atoms with van der Waals surface area (Å²) in [4.78, 5) is 11.3. The third kappa shape index (κ3) is 3.44. The molecule has 0 atom stereocenters. The van der Waals surface area contributed by atoms with Crippen LogP contribution in [-0.4, -0.2) is 72.0 Å². The third-order valence-electron chi connectivity index (χ3n) is 5.59. The lowest BCUT2D eigenvalue weighted by atomic mass is 10.0. The van der Waals surface area contributed by atoms with Crippen LogP contribution in [0.3, 0.4) is 0 Å². The van der Waals surface area contributed by atoms with Crippen LogP contribution in [0.1, 0.15) is 18.5 Å². The Morgan fingerprint density at radius 3 is 2.48 bits per heavy atom. The van der Waals surface area contributed by atoms with Gasteiger partial charge in [-0.25, -0.2) is 0 Å². The van der Waals surface area contributed by atoms with E-state index in [1.165, 1.54) is 68.7 Å². The number of aromatic nitrogens is 1. The van der Waals surface area contributed by atoms with Crippen molar-refractivity contribution in [1.82, 2.24) is 19.7 Å². The number of fused-ring (bicyclic) bond motifs is 1. The van der Waals surface area contributed by atoms with Gasteiger partial charge < -0.3 is 9.88 Å². The van der Waals surface area contributed by atoms with Crippen LogP contribution < -0.4 is 0 Å². The third-order valence-corrected chi connectivity index (χ3v) is 5.59. The van der Waals surface area contributed by atoms with Crippen molar-refractivity contribution in [3.8, 4) is 0 Å². The SMILES string of the molecule is CN1CCC(N2CCN(Cc3cc4ccccc4[nH]3)CC2)CC1. The number of piperidine rings is 1. The molecule has 0 saturated carbocycles. The zero-order valence-electron chi connectivity index (χ0n) is 14.2. The highest BCUT2D eigenvalue weighted by Crippen LogP contribution is 2.19. The number of hydrogen-bond donors (Lipinski definition) is 1. The first-order valence-corrected chi connectivity index (χ1v) is 8.99. The lowest BCUT2D eigenvalue weighted by Gasteiger charge is -2.42. The molecule has 1 aromatic carbocycles. The average molecular weight is 312 g/mol. The molecule has 124 valence electrons. The second kappa shape index (κ2) is 6.63. The van der Waals surface area contributed by atoms with Gasteiger partial charge in [-0.3, -0.25) is 9.80 Å². The highest BCUT2D eigenvalue weighted by molar-refractivity contribution is 5.80. The number of nitrogens with one attached hydrogen (secondary N) is 1. The van der Waals surface area contributed by atoms with Gasteiger partial charge in [0.05, 0.1) is 0 Å². The molecular weight excluding hydrogens is 284 g/mol. The Morgan fingerprint density at radius 2 is 1.74 bits per heavy atom. The minimum absolute atomic E-state index is 0.821. The molecule has 4 heteroatoms. The Morgan fingerprint density at radius 1 is 1.00 bits per heavy atom. The van der Waals surface area contributed by atoms with Gasteiger partial charge in [0.25, 0.3) is 0 Å². The van der Waals surface area contributed by atoms with Gasteiger partial charge in [-0.1, -0.05) is 18.2 Å². The summed E-state index contributed by atoms with van der Waals surface area (Å²) in [6, 6.07) is 11.7. The summed E-state index contributed by atoms with van der Waals surface area (Å²) >= 11 is 0. The summed E-state index contributed by atoms with van der Waals surface area (Å²) in [5, 5.41) is 1.33. The predicted molar refractivity (Wildman–Crippen MR) is 95.7 cm³/mol. The molecule has 3 heterocycles. The van der Waals surface area contributed by atoms with Crippen molar-refractivity contribution in [2.75, 3.05) is 46.3 Å². The molecule has 1 aromatic heterocycles. The molecule has 0 unspecified atom stereocenters. The van der Waals surface area contributed by atoms with Crippen LogP contribution in [0.4, 0.5) is 0 Å². The van der Waals surface area contributed by atoms with Gasteiger partial charge >= 0.3 is 0 Å². The number of piperazine rings is 1. The molecule has 2 aliphatic heterocycles. The summed E-state index contributed by atoms with van der Waals surface area (Å²) in [6.07, 6.45) is 2.69. The molecule has 4 rings (SSSR count). The van der Waals surface area contributed by atoms with Crippen LogP contribution in [0, 0.1) is 0 Å². The molecule has 0 bridgehead atoms. The van der Waals surface area contributed by atoms with Crippen LogP contribution in [-0.2, 0) is 6.54 Å². The molecule has 2 aromatic rings. The van der Waals surface area contributed by atoms with Gasteiger partial charge in [-0.2, -0.15) is 0 Å². The van der Waals surface area contributed by atoms with E-state index in [0.29, 0.717) is 0 Å². The molecule has 2 saturated heterocycles. The highest BCUT2D eigenvalue weighted by Gasteiger charge is 2.26. The van der Waals surface area contributed by atoms with Crippen LogP contribution in [0.5, 0.6) is 0 Å². The zero-order valence-corrected chi connectivity index (χ0v) is 14.2. The van der Waals surface area contributed by atoms with Crippen molar-refractivity contribution in [3.05, 3.63) is 36.0 Å². The number of likely N-dealkylation sites (tertiary alicyclic amines) is 1. The number of benzene rings is 1. The quantitative estimate of drug-likeness (QED) is 0.942. The fraction of sp³-hybridized carbons (Fsp3) is 0.579. The Hall–Kier alpha value is -1.36. The highest BCUT2D eigenvalue weighted by atomic mass is 15.3. The second-order valence-corrected chi connectivity index (χ2v) is 7.23. The van der Waals surface area contributed by atoms with Gasteiger partial charge in [0.1, 0.15) is 0 Å². The van der Waals surface area contributed by atoms with Crippen molar-refractivity contribution in [3.63, 3.8) is 0 Å². The van der Waals surface area contributed by atoms with Crippen LogP contribution >= 0.6 is 0 Å². The van der Waals surface area contributed by atoms with Crippen molar-refractivity contribution < 1.29 is 0 Å². The largest absolute Gasteiger partial charge is 0.357 e. The average Bonchev–Trinajstić information content (AvgIpc) is 2.98. The van der Waals surface area contributed by atoms with E-state index in [2.05, 4.69) is 57.1 Å². The van der Waals surface area contributed by atoms with Crippen molar-refractivity contribution in [2.24, 2.45) is 0 Å². The molecule has 0 spiro atoms. The van der Waals surface area contributed by atoms with Crippen molar-refractivity contribution >= 4 is 10.9 Å². The molecule has 4 nitrogen and oxygen atoms in total. The topological polar surface area (TPSA) is 25.5 Å². The van der Waals surface area contributed by atoms with E-state index in [1.54, 1.807) is 0 Å². The van der Waals surface area contributed by atoms with Gasteiger partial charge in [-0.15, -0.1) is 0 Å². The summed E-state index contributed by atoms with van der Waals surface area (Å²) in [5.41, 5.74) is 2.60. The molecule has 0 aliphatic carbocycles. The summed E-state index contributed by atoms with van der Waals surface area (Å²) in [7, 11) is 2.24. The Balaban J connectivity index is 1.31. The normalized spacial score (nSPS) is 22.8. The molecule has 1 N–H and O–H groups in total. The van der Waals surface area contributed by atoms with Gasteiger partial charge in [0, 0.05) is 50.0 Å². The van der Waals surface area contributed by atoms with Gasteiger partial charge in [0.2, 0.25) is 0 Å².